The molecule has 0 atom stereocenters. The van der Waals surface area contributed by atoms with Crippen molar-refractivity contribution in [3.63, 3.8) is 0 Å². The fourth-order valence-electron chi connectivity index (χ4n) is 2.85. The van der Waals surface area contributed by atoms with Gasteiger partial charge >= 0.3 is 0 Å². The standard InChI is InChI=1S/C20H18N6S/c1-2-3-4-13-26-19-17(18(21)22-14-23-19)24-20(26)27-16-9-7-15(8-10-16)25-11-5-6-12-25/h1,5-12,14H,3-4,13H2,(H2,21,22,23). The quantitative estimate of drug-likeness (QED) is 0.411. The van der Waals surface area contributed by atoms with Crippen LogP contribution in [0, 0.1) is 12.3 Å². The summed E-state index contributed by atoms with van der Waals surface area (Å²) in [5.41, 5.74) is 8.47. The highest BCUT2D eigenvalue weighted by atomic mass is 32.2. The van der Waals surface area contributed by atoms with E-state index in [1.165, 1.54) is 6.33 Å². The first kappa shape index (κ1) is 17.2. The molecule has 2 N–H and O–H groups in total. The summed E-state index contributed by atoms with van der Waals surface area (Å²) in [6.07, 6.45) is 12.5. The van der Waals surface area contributed by atoms with Crippen molar-refractivity contribution in [1.82, 2.24) is 24.1 Å². The van der Waals surface area contributed by atoms with E-state index in [9.17, 15) is 0 Å². The molecule has 134 valence electrons. The van der Waals surface area contributed by atoms with Gasteiger partial charge in [0, 0.05) is 35.9 Å². The maximum Gasteiger partial charge on any atom is 0.175 e. The van der Waals surface area contributed by atoms with E-state index < -0.39 is 0 Å². The molecule has 0 aliphatic carbocycles. The highest BCUT2D eigenvalue weighted by Gasteiger charge is 2.15. The van der Waals surface area contributed by atoms with Gasteiger partial charge in [0.15, 0.2) is 22.1 Å². The SMILES string of the molecule is C#CCCCn1c(Sc2ccc(-n3cccc3)cc2)nc2c(N)ncnc21. The molecule has 3 aromatic heterocycles. The van der Waals surface area contributed by atoms with Crippen molar-refractivity contribution in [2.45, 2.75) is 29.4 Å². The lowest BCUT2D eigenvalue weighted by atomic mass is 10.3. The molecule has 0 bridgehead atoms. The number of nitrogen functional groups attached to an aromatic ring is 1. The summed E-state index contributed by atoms with van der Waals surface area (Å²) in [6.45, 7) is 0.737. The molecule has 0 aliphatic heterocycles. The molecule has 0 saturated heterocycles. The second-order valence-corrected chi connectivity index (χ2v) is 7.01. The monoisotopic (exact) mass is 374 g/mol. The summed E-state index contributed by atoms with van der Waals surface area (Å²) >= 11 is 1.58. The molecule has 0 radical (unpaired) electrons. The number of nitrogens with two attached hydrogens (primary N) is 1. The Kier molecular flexibility index (Phi) is 4.81. The number of fused-ring (bicyclic) bond motifs is 1. The summed E-state index contributed by atoms with van der Waals surface area (Å²) in [7, 11) is 0. The first-order valence-corrected chi connectivity index (χ1v) is 9.39. The zero-order chi connectivity index (χ0) is 18.6. The summed E-state index contributed by atoms with van der Waals surface area (Å²) in [5, 5.41) is 0.836. The van der Waals surface area contributed by atoms with Gasteiger partial charge in [-0.15, -0.1) is 12.3 Å². The van der Waals surface area contributed by atoms with Crippen molar-refractivity contribution in [3.05, 3.63) is 55.1 Å². The van der Waals surface area contributed by atoms with E-state index in [0.29, 0.717) is 17.8 Å². The second-order valence-electron chi connectivity index (χ2n) is 5.97. The number of hydrogen-bond acceptors (Lipinski definition) is 5. The van der Waals surface area contributed by atoms with Gasteiger partial charge in [-0.2, -0.15) is 0 Å². The maximum atomic E-state index is 5.99. The molecule has 0 spiro atoms. The molecular formula is C20H18N6S. The van der Waals surface area contributed by atoms with Gasteiger partial charge in [-0.3, -0.25) is 0 Å². The lowest BCUT2D eigenvalue weighted by Gasteiger charge is -2.08. The average Bonchev–Trinajstić information content (AvgIpc) is 3.33. The number of anilines is 1. The van der Waals surface area contributed by atoms with E-state index in [2.05, 4.69) is 54.3 Å². The zero-order valence-corrected chi connectivity index (χ0v) is 15.4. The maximum absolute atomic E-state index is 5.99. The van der Waals surface area contributed by atoms with Gasteiger partial charge in [0.2, 0.25) is 0 Å². The second kappa shape index (κ2) is 7.56. The van der Waals surface area contributed by atoms with Crippen LogP contribution in [0.5, 0.6) is 0 Å². The van der Waals surface area contributed by atoms with Crippen molar-refractivity contribution < 1.29 is 0 Å². The number of aromatic nitrogens is 5. The van der Waals surface area contributed by atoms with E-state index in [-0.39, 0.29) is 0 Å². The molecule has 7 heteroatoms. The number of terminal acetylenes is 1. The number of nitrogens with zero attached hydrogens (tertiary/aromatic N) is 5. The highest BCUT2D eigenvalue weighted by Crippen LogP contribution is 2.31. The van der Waals surface area contributed by atoms with Crippen LogP contribution in [0.3, 0.4) is 0 Å². The van der Waals surface area contributed by atoms with Crippen LogP contribution < -0.4 is 5.73 Å². The Hall–Kier alpha value is -3.24. The third-order valence-electron chi connectivity index (χ3n) is 4.18. The van der Waals surface area contributed by atoms with Crippen molar-refractivity contribution in [1.29, 1.82) is 0 Å². The van der Waals surface area contributed by atoms with Crippen LogP contribution in [0.25, 0.3) is 16.9 Å². The third-order valence-corrected chi connectivity index (χ3v) is 5.18. The summed E-state index contributed by atoms with van der Waals surface area (Å²) < 4.78 is 4.13. The first-order valence-electron chi connectivity index (χ1n) is 8.57. The largest absolute Gasteiger partial charge is 0.382 e. The molecule has 4 aromatic rings. The summed E-state index contributed by atoms with van der Waals surface area (Å²) in [4.78, 5) is 14.2. The lowest BCUT2D eigenvalue weighted by Crippen LogP contribution is -2.01. The van der Waals surface area contributed by atoms with Crippen molar-refractivity contribution in [3.8, 4) is 18.0 Å². The molecule has 0 amide bonds. The molecule has 1 aromatic carbocycles. The van der Waals surface area contributed by atoms with Crippen LogP contribution in [0.4, 0.5) is 5.82 Å². The van der Waals surface area contributed by atoms with Gasteiger partial charge in [0.05, 0.1) is 0 Å². The fourth-order valence-corrected chi connectivity index (χ4v) is 3.76. The topological polar surface area (TPSA) is 74.5 Å². The molecule has 0 saturated carbocycles. The molecule has 4 rings (SSSR count). The minimum atomic E-state index is 0.389. The number of unbranched alkanes of at least 4 members (excludes halogenated alkanes) is 1. The summed E-state index contributed by atoms with van der Waals surface area (Å²) in [5.74, 6) is 3.07. The van der Waals surface area contributed by atoms with Crippen molar-refractivity contribution >= 4 is 28.7 Å². The fraction of sp³-hybridized carbons (Fsp3) is 0.150. The van der Waals surface area contributed by atoms with Crippen molar-refractivity contribution in [2.75, 3.05) is 5.73 Å². The van der Waals surface area contributed by atoms with Gasteiger partial charge in [-0.1, -0.05) is 11.8 Å². The third kappa shape index (κ3) is 3.52. The predicted molar refractivity (Wildman–Crippen MR) is 108 cm³/mol. The van der Waals surface area contributed by atoms with Crippen LogP contribution in [-0.4, -0.2) is 24.1 Å². The first-order chi connectivity index (χ1) is 13.3. The average molecular weight is 374 g/mol. The Labute approximate surface area is 161 Å². The van der Waals surface area contributed by atoms with E-state index in [1.54, 1.807) is 11.8 Å². The molecule has 27 heavy (non-hydrogen) atoms. The highest BCUT2D eigenvalue weighted by molar-refractivity contribution is 7.99. The van der Waals surface area contributed by atoms with Crippen molar-refractivity contribution in [2.24, 2.45) is 0 Å². The van der Waals surface area contributed by atoms with Gasteiger partial charge in [0.25, 0.3) is 0 Å². The van der Waals surface area contributed by atoms with Crippen LogP contribution in [0.2, 0.25) is 0 Å². The van der Waals surface area contributed by atoms with E-state index >= 15 is 0 Å². The summed E-state index contributed by atoms with van der Waals surface area (Å²) in [6, 6.07) is 12.4. The van der Waals surface area contributed by atoms with E-state index in [1.807, 2.05) is 24.5 Å². The molecule has 3 heterocycles. The Morgan fingerprint density at radius 1 is 1.11 bits per heavy atom. The molecule has 0 aliphatic rings. The van der Waals surface area contributed by atoms with Gasteiger partial charge < -0.3 is 14.9 Å². The smallest absolute Gasteiger partial charge is 0.175 e. The van der Waals surface area contributed by atoms with Crippen LogP contribution in [0.1, 0.15) is 12.8 Å². The van der Waals surface area contributed by atoms with E-state index in [0.717, 1.165) is 34.4 Å². The predicted octanol–water partition coefficient (Wildman–Crippen LogP) is 3.76. The van der Waals surface area contributed by atoms with Gasteiger partial charge in [-0.05, 0) is 42.8 Å². The van der Waals surface area contributed by atoms with Gasteiger partial charge in [-0.25, -0.2) is 15.0 Å². The molecule has 0 fully saturated rings. The minimum Gasteiger partial charge on any atom is -0.382 e. The van der Waals surface area contributed by atoms with Crippen LogP contribution in [-0.2, 0) is 6.54 Å². The Morgan fingerprint density at radius 3 is 2.63 bits per heavy atom. The molecule has 6 nitrogen and oxygen atoms in total. The number of benzene rings is 1. The Bertz CT molecular complexity index is 1090. The van der Waals surface area contributed by atoms with Crippen LogP contribution in [0.15, 0.2) is 65.2 Å². The number of rotatable bonds is 6. The Morgan fingerprint density at radius 2 is 1.89 bits per heavy atom. The lowest BCUT2D eigenvalue weighted by molar-refractivity contribution is 0.615. The van der Waals surface area contributed by atoms with Gasteiger partial charge in [0.1, 0.15) is 6.33 Å². The number of imidazole rings is 1. The number of hydrogen-bond donors (Lipinski definition) is 1. The molecular weight excluding hydrogens is 356 g/mol. The Balaban J connectivity index is 1.65. The minimum absolute atomic E-state index is 0.389. The normalized spacial score (nSPS) is 10.9. The number of aryl methyl sites for hydroxylation is 1. The zero-order valence-electron chi connectivity index (χ0n) is 14.6. The van der Waals surface area contributed by atoms with E-state index in [4.69, 9.17) is 12.2 Å². The van der Waals surface area contributed by atoms with Crippen LogP contribution >= 0.6 is 11.8 Å². The molecule has 0 unspecified atom stereocenters.